The number of nitro groups is 1. The Kier molecular flexibility index (Phi) is 4.50. The molecule has 1 aromatic carbocycles. The summed E-state index contributed by atoms with van der Waals surface area (Å²) in [5.74, 6) is -1.50. The van der Waals surface area contributed by atoms with Crippen LogP contribution in [0.1, 0.15) is 12.6 Å². The van der Waals surface area contributed by atoms with Crippen molar-refractivity contribution < 1.29 is 14.1 Å². The Labute approximate surface area is 125 Å². The first-order valence-electron chi connectivity index (χ1n) is 6.62. The third-order valence-electron chi connectivity index (χ3n) is 3.14. The van der Waals surface area contributed by atoms with Gasteiger partial charge in [0.1, 0.15) is 5.82 Å². The fourth-order valence-electron chi connectivity index (χ4n) is 1.94. The van der Waals surface area contributed by atoms with E-state index in [0.29, 0.717) is 11.4 Å². The minimum Gasteiger partial charge on any atom is -0.358 e. The monoisotopic (exact) mass is 306 g/mol. The Morgan fingerprint density at radius 1 is 1.50 bits per heavy atom. The van der Waals surface area contributed by atoms with Crippen molar-refractivity contribution in [3.05, 3.63) is 52.0 Å². The smallest absolute Gasteiger partial charge is 0.358 e. The molecule has 2 rings (SSSR count). The number of benzene rings is 1. The van der Waals surface area contributed by atoms with E-state index in [9.17, 15) is 19.3 Å². The van der Waals surface area contributed by atoms with Crippen LogP contribution in [0, 0.1) is 28.8 Å². The van der Waals surface area contributed by atoms with Crippen molar-refractivity contribution in [3.63, 3.8) is 0 Å². The summed E-state index contributed by atoms with van der Waals surface area (Å²) in [7, 11) is 0. The summed E-state index contributed by atoms with van der Waals surface area (Å²) in [6, 6.07) is 6.92. The fourth-order valence-corrected chi connectivity index (χ4v) is 1.94. The van der Waals surface area contributed by atoms with Gasteiger partial charge in [0.25, 0.3) is 0 Å². The zero-order valence-corrected chi connectivity index (χ0v) is 12.1. The summed E-state index contributed by atoms with van der Waals surface area (Å²) in [6.45, 7) is 3.54. The van der Waals surface area contributed by atoms with Gasteiger partial charge in [-0.3, -0.25) is 4.79 Å². The SMILES string of the molecule is Cc1cc([N+](=O)[O-])nn1C[C@H](C)C(=O)Nc1cccc(F)c1. The second-order valence-corrected chi connectivity index (χ2v) is 4.98. The molecule has 0 aliphatic carbocycles. The fraction of sp³-hybridized carbons (Fsp3) is 0.286. The Morgan fingerprint density at radius 3 is 2.82 bits per heavy atom. The van der Waals surface area contributed by atoms with Gasteiger partial charge >= 0.3 is 5.82 Å². The summed E-state index contributed by atoms with van der Waals surface area (Å²) in [5, 5.41) is 17.1. The number of anilines is 1. The number of nitrogens with one attached hydrogen (secondary N) is 1. The quantitative estimate of drug-likeness (QED) is 0.679. The van der Waals surface area contributed by atoms with Gasteiger partial charge in [-0.25, -0.2) is 4.39 Å². The first-order chi connectivity index (χ1) is 10.4. The summed E-state index contributed by atoms with van der Waals surface area (Å²) >= 11 is 0. The van der Waals surface area contributed by atoms with Gasteiger partial charge in [-0.1, -0.05) is 13.0 Å². The van der Waals surface area contributed by atoms with Gasteiger partial charge in [-0.05, 0) is 30.0 Å². The second-order valence-electron chi connectivity index (χ2n) is 4.98. The van der Waals surface area contributed by atoms with Crippen LogP contribution < -0.4 is 5.32 Å². The van der Waals surface area contributed by atoms with Crippen molar-refractivity contribution in [1.82, 2.24) is 9.78 Å². The van der Waals surface area contributed by atoms with Crippen molar-refractivity contribution >= 4 is 17.4 Å². The number of rotatable bonds is 5. The van der Waals surface area contributed by atoms with Crippen LogP contribution in [-0.2, 0) is 11.3 Å². The van der Waals surface area contributed by atoms with Crippen LogP contribution in [-0.4, -0.2) is 20.6 Å². The molecule has 116 valence electrons. The first-order valence-corrected chi connectivity index (χ1v) is 6.62. The molecule has 0 saturated carbocycles. The van der Waals surface area contributed by atoms with Crippen LogP contribution in [0.2, 0.25) is 0 Å². The Hall–Kier alpha value is -2.77. The topological polar surface area (TPSA) is 90.1 Å². The van der Waals surface area contributed by atoms with Crippen molar-refractivity contribution in [2.24, 2.45) is 5.92 Å². The minimum absolute atomic E-state index is 0.195. The summed E-state index contributed by atoms with van der Waals surface area (Å²) in [5.41, 5.74) is 0.956. The third kappa shape index (κ3) is 3.66. The van der Waals surface area contributed by atoms with Crippen LogP contribution in [0.25, 0.3) is 0 Å². The molecule has 2 aromatic rings. The standard InChI is InChI=1S/C14H15FN4O3/c1-9(8-18-10(2)6-13(17-18)19(21)22)14(20)16-12-5-3-4-11(15)7-12/h3-7,9H,8H2,1-2H3,(H,16,20)/t9-/m0/s1. The number of aromatic nitrogens is 2. The molecule has 8 heteroatoms. The van der Waals surface area contributed by atoms with Gasteiger partial charge in [-0.15, -0.1) is 0 Å². The highest BCUT2D eigenvalue weighted by Crippen LogP contribution is 2.15. The molecule has 0 spiro atoms. The van der Waals surface area contributed by atoms with E-state index in [2.05, 4.69) is 10.4 Å². The normalized spacial score (nSPS) is 12.0. The maximum atomic E-state index is 13.1. The summed E-state index contributed by atoms with van der Waals surface area (Å²) < 4.78 is 14.5. The van der Waals surface area contributed by atoms with E-state index in [-0.39, 0.29) is 18.3 Å². The van der Waals surface area contributed by atoms with E-state index in [1.807, 2.05) is 0 Å². The van der Waals surface area contributed by atoms with Gasteiger partial charge < -0.3 is 15.4 Å². The van der Waals surface area contributed by atoms with Gasteiger partial charge in [-0.2, -0.15) is 4.68 Å². The van der Waals surface area contributed by atoms with Gasteiger partial charge in [0.15, 0.2) is 0 Å². The molecule has 7 nitrogen and oxygen atoms in total. The van der Waals surface area contributed by atoms with Crippen LogP contribution in [0.3, 0.4) is 0 Å². The lowest BCUT2D eigenvalue weighted by Gasteiger charge is -2.11. The Morgan fingerprint density at radius 2 is 2.23 bits per heavy atom. The maximum Gasteiger partial charge on any atom is 0.390 e. The molecule has 0 radical (unpaired) electrons. The molecule has 0 aliphatic heterocycles. The predicted molar refractivity (Wildman–Crippen MR) is 77.8 cm³/mol. The molecule has 22 heavy (non-hydrogen) atoms. The molecular formula is C14H15FN4O3. The summed E-state index contributed by atoms with van der Waals surface area (Å²) in [6.07, 6.45) is 0. The zero-order valence-electron chi connectivity index (χ0n) is 12.1. The molecule has 0 aliphatic rings. The third-order valence-corrected chi connectivity index (χ3v) is 3.14. The average molecular weight is 306 g/mol. The number of halogens is 1. The van der Waals surface area contributed by atoms with Crippen molar-refractivity contribution in [2.45, 2.75) is 20.4 Å². The lowest BCUT2D eigenvalue weighted by molar-refractivity contribution is -0.389. The van der Waals surface area contributed by atoms with E-state index in [1.54, 1.807) is 19.9 Å². The molecule has 0 unspecified atom stereocenters. The largest absolute Gasteiger partial charge is 0.390 e. The number of nitrogens with zero attached hydrogens (tertiary/aromatic N) is 3. The summed E-state index contributed by atoms with van der Waals surface area (Å²) in [4.78, 5) is 22.2. The van der Waals surface area contributed by atoms with Crippen LogP contribution in [0.15, 0.2) is 30.3 Å². The van der Waals surface area contributed by atoms with Gasteiger partial charge in [0.05, 0.1) is 29.3 Å². The van der Waals surface area contributed by atoms with Gasteiger partial charge in [0.2, 0.25) is 5.91 Å². The van der Waals surface area contributed by atoms with E-state index in [1.165, 1.54) is 28.9 Å². The molecular weight excluding hydrogens is 291 g/mol. The number of aryl methyl sites for hydroxylation is 1. The van der Waals surface area contributed by atoms with Crippen molar-refractivity contribution in [1.29, 1.82) is 0 Å². The van der Waals surface area contributed by atoms with Crippen LogP contribution in [0.5, 0.6) is 0 Å². The maximum absolute atomic E-state index is 13.1. The molecule has 0 bridgehead atoms. The molecule has 1 heterocycles. The number of hydrogen-bond donors (Lipinski definition) is 1. The molecule has 0 saturated heterocycles. The number of hydrogen-bond acceptors (Lipinski definition) is 4. The zero-order chi connectivity index (χ0) is 16.3. The Balaban J connectivity index is 2.04. The predicted octanol–water partition coefficient (Wildman–Crippen LogP) is 2.51. The van der Waals surface area contributed by atoms with E-state index in [0.717, 1.165) is 0 Å². The Bertz CT molecular complexity index is 714. The number of amides is 1. The lowest BCUT2D eigenvalue weighted by Crippen LogP contribution is -2.25. The number of carbonyl (C=O) groups is 1. The van der Waals surface area contributed by atoms with Crippen molar-refractivity contribution in [3.8, 4) is 0 Å². The van der Waals surface area contributed by atoms with Crippen molar-refractivity contribution in [2.75, 3.05) is 5.32 Å². The molecule has 1 aromatic heterocycles. The highest BCUT2D eigenvalue weighted by Gasteiger charge is 2.20. The first kappa shape index (κ1) is 15.6. The molecule has 1 N–H and O–H groups in total. The number of carbonyl (C=O) groups excluding carboxylic acids is 1. The van der Waals surface area contributed by atoms with E-state index in [4.69, 9.17) is 0 Å². The van der Waals surface area contributed by atoms with E-state index < -0.39 is 16.7 Å². The van der Waals surface area contributed by atoms with E-state index >= 15 is 0 Å². The van der Waals surface area contributed by atoms with Gasteiger partial charge in [0, 0.05) is 5.69 Å². The molecule has 1 atom stereocenters. The average Bonchev–Trinajstić information content (AvgIpc) is 2.80. The van der Waals surface area contributed by atoms with Crippen LogP contribution >= 0.6 is 0 Å². The molecule has 0 fully saturated rings. The minimum atomic E-state index is -0.582. The highest BCUT2D eigenvalue weighted by molar-refractivity contribution is 5.92. The highest BCUT2D eigenvalue weighted by atomic mass is 19.1. The molecule has 1 amide bonds. The second kappa shape index (κ2) is 6.33. The lowest BCUT2D eigenvalue weighted by atomic mass is 10.1. The van der Waals surface area contributed by atoms with Crippen LogP contribution in [0.4, 0.5) is 15.9 Å².